The average Bonchev–Trinajstić information content (AvgIpc) is 2.98. The number of aromatic nitrogens is 1. The molecule has 0 atom stereocenters. The number of pyridine rings is 1. The van der Waals surface area contributed by atoms with Gasteiger partial charge in [0.05, 0.1) is 5.56 Å². The lowest BCUT2D eigenvalue weighted by Crippen LogP contribution is -2.34. The van der Waals surface area contributed by atoms with Gasteiger partial charge < -0.3 is 15.3 Å². The summed E-state index contributed by atoms with van der Waals surface area (Å²) in [5, 5.41) is 11.6. The highest BCUT2D eigenvalue weighted by Crippen LogP contribution is 2.06. The molecule has 1 aromatic rings. The van der Waals surface area contributed by atoms with Gasteiger partial charge in [0.15, 0.2) is 0 Å². The molecule has 5 heteroatoms. The Morgan fingerprint density at radius 3 is 3.00 bits per heavy atom. The van der Waals surface area contributed by atoms with Crippen molar-refractivity contribution < 1.29 is 9.90 Å². The summed E-state index contributed by atoms with van der Waals surface area (Å²) < 4.78 is 0. The van der Waals surface area contributed by atoms with E-state index >= 15 is 0 Å². The standard InChI is InChI=1S/C15H19N3O2/c19-12-4-6-13-5-3-7-16-14(13)15(20)17-8-11-18-9-1-2-10-18/h3,5,7,19H,1-2,8-12H2,(H,17,20). The largest absolute Gasteiger partial charge is 0.384 e. The second-order valence-electron chi connectivity index (χ2n) is 4.66. The number of likely N-dealkylation sites (tertiary alicyclic amines) is 1. The summed E-state index contributed by atoms with van der Waals surface area (Å²) in [6, 6.07) is 3.45. The molecule has 5 nitrogen and oxygen atoms in total. The van der Waals surface area contributed by atoms with Crippen LogP contribution in [0.2, 0.25) is 0 Å². The van der Waals surface area contributed by atoms with Crippen LogP contribution >= 0.6 is 0 Å². The zero-order valence-corrected chi connectivity index (χ0v) is 11.4. The van der Waals surface area contributed by atoms with E-state index in [-0.39, 0.29) is 12.5 Å². The van der Waals surface area contributed by atoms with Gasteiger partial charge in [-0.15, -0.1) is 0 Å². The smallest absolute Gasteiger partial charge is 0.271 e. The van der Waals surface area contributed by atoms with Crippen LogP contribution in [0, 0.1) is 11.8 Å². The van der Waals surface area contributed by atoms with Gasteiger partial charge in [-0.05, 0) is 38.1 Å². The van der Waals surface area contributed by atoms with Crippen LogP contribution in [0.4, 0.5) is 0 Å². The monoisotopic (exact) mass is 273 g/mol. The van der Waals surface area contributed by atoms with Gasteiger partial charge >= 0.3 is 0 Å². The molecule has 1 aliphatic heterocycles. The van der Waals surface area contributed by atoms with Crippen molar-refractivity contribution in [2.24, 2.45) is 0 Å². The molecule has 1 saturated heterocycles. The minimum atomic E-state index is -0.231. The van der Waals surface area contributed by atoms with Crippen molar-refractivity contribution in [3.8, 4) is 11.8 Å². The van der Waals surface area contributed by atoms with Crippen molar-refractivity contribution in [2.75, 3.05) is 32.8 Å². The molecule has 0 radical (unpaired) electrons. The minimum Gasteiger partial charge on any atom is -0.384 e. The van der Waals surface area contributed by atoms with E-state index in [9.17, 15) is 4.79 Å². The van der Waals surface area contributed by atoms with E-state index in [1.807, 2.05) is 0 Å². The molecule has 0 saturated carbocycles. The molecule has 1 amide bonds. The van der Waals surface area contributed by atoms with Gasteiger partial charge in [0.25, 0.3) is 5.91 Å². The third-order valence-corrected chi connectivity index (χ3v) is 3.24. The fourth-order valence-electron chi connectivity index (χ4n) is 2.24. The lowest BCUT2D eigenvalue weighted by Gasteiger charge is -2.14. The number of aliphatic hydroxyl groups excluding tert-OH is 1. The van der Waals surface area contributed by atoms with Crippen LogP contribution in [0.15, 0.2) is 18.3 Å². The number of amides is 1. The van der Waals surface area contributed by atoms with E-state index in [0.717, 1.165) is 19.6 Å². The predicted octanol–water partition coefficient (Wildman–Crippen LogP) is 0.251. The first-order valence-electron chi connectivity index (χ1n) is 6.86. The zero-order valence-electron chi connectivity index (χ0n) is 11.4. The van der Waals surface area contributed by atoms with Crippen molar-refractivity contribution in [3.63, 3.8) is 0 Å². The molecular formula is C15H19N3O2. The Labute approximate surface area is 119 Å². The Morgan fingerprint density at radius 1 is 1.45 bits per heavy atom. The van der Waals surface area contributed by atoms with Crippen LogP contribution in [0.5, 0.6) is 0 Å². The summed E-state index contributed by atoms with van der Waals surface area (Å²) in [6.45, 7) is 3.49. The van der Waals surface area contributed by atoms with Gasteiger partial charge in [0.2, 0.25) is 0 Å². The third-order valence-electron chi connectivity index (χ3n) is 3.24. The number of nitrogens with zero attached hydrogens (tertiary/aromatic N) is 2. The maximum Gasteiger partial charge on any atom is 0.271 e. The van der Waals surface area contributed by atoms with Crippen LogP contribution in [0.1, 0.15) is 28.9 Å². The van der Waals surface area contributed by atoms with Crippen LogP contribution < -0.4 is 5.32 Å². The highest BCUT2D eigenvalue weighted by atomic mass is 16.2. The molecule has 106 valence electrons. The third kappa shape index (κ3) is 4.05. The summed E-state index contributed by atoms with van der Waals surface area (Å²) >= 11 is 0. The molecular weight excluding hydrogens is 254 g/mol. The van der Waals surface area contributed by atoms with Crippen molar-refractivity contribution in [2.45, 2.75) is 12.8 Å². The number of carbonyl (C=O) groups is 1. The SMILES string of the molecule is O=C(NCCN1CCCC1)c1ncccc1C#CCO. The van der Waals surface area contributed by atoms with Gasteiger partial charge in [-0.3, -0.25) is 4.79 Å². The Balaban J connectivity index is 1.91. The van der Waals surface area contributed by atoms with E-state index < -0.39 is 0 Å². The first kappa shape index (κ1) is 14.5. The summed E-state index contributed by atoms with van der Waals surface area (Å²) in [5.41, 5.74) is 0.857. The van der Waals surface area contributed by atoms with Crippen LogP contribution in [0.3, 0.4) is 0 Å². The van der Waals surface area contributed by atoms with Crippen LogP contribution in [0.25, 0.3) is 0 Å². The maximum atomic E-state index is 12.1. The van der Waals surface area contributed by atoms with E-state index in [4.69, 9.17) is 5.11 Å². The fourth-order valence-corrected chi connectivity index (χ4v) is 2.24. The molecule has 0 aromatic carbocycles. The number of nitrogens with one attached hydrogen (secondary N) is 1. The fraction of sp³-hybridized carbons (Fsp3) is 0.467. The molecule has 20 heavy (non-hydrogen) atoms. The average molecular weight is 273 g/mol. The van der Waals surface area contributed by atoms with Gasteiger partial charge in [0, 0.05) is 19.3 Å². The molecule has 1 fully saturated rings. The summed E-state index contributed by atoms with van der Waals surface area (Å²) in [4.78, 5) is 18.5. The van der Waals surface area contributed by atoms with Gasteiger partial charge in [0.1, 0.15) is 12.3 Å². The van der Waals surface area contributed by atoms with E-state index in [2.05, 4.69) is 27.0 Å². The topological polar surface area (TPSA) is 65.5 Å². The molecule has 2 heterocycles. The molecule has 2 N–H and O–H groups in total. The first-order valence-corrected chi connectivity index (χ1v) is 6.86. The molecule has 2 rings (SSSR count). The first-order chi connectivity index (χ1) is 9.81. The van der Waals surface area contributed by atoms with Crippen molar-refractivity contribution in [1.29, 1.82) is 0 Å². The highest BCUT2D eigenvalue weighted by molar-refractivity contribution is 5.94. The quantitative estimate of drug-likeness (QED) is 0.772. The molecule has 0 unspecified atom stereocenters. The predicted molar refractivity (Wildman–Crippen MR) is 76.2 cm³/mol. The van der Waals surface area contributed by atoms with Crippen LogP contribution in [-0.2, 0) is 0 Å². The lowest BCUT2D eigenvalue weighted by molar-refractivity contribution is 0.0944. The highest BCUT2D eigenvalue weighted by Gasteiger charge is 2.13. The second kappa shape index (κ2) is 7.63. The van der Waals surface area contributed by atoms with Crippen LogP contribution in [-0.4, -0.2) is 53.7 Å². The lowest BCUT2D eigenvalue weighted by atomic mass is 10.2. The Morgan fingerprint density at radius 2 is 2.25 bits per heavy atom. The Hall–Kier alpha value is -1.90. The van der Waals surface area contributed by atoms with Crippen molar-refractivity contribution in [3.05, 3.63) is 29.6 Å². The second-order valence-corrected chi connectivity index (χ2v) is 4.66. The number of carbonyl (C=O) groups excluding carboxylic acids is 1. The van der Waals surface area contributed by atoms with E-state index in [1.54, 1.807) is 18.3 Å². The normalized spacial score (nSPS) is 14.7. The van der Waals surface area contributed by atoms with Gasteiger partial charge in [-0.25, -0.2) is 4.98 Å². The Kier molecular flexibility index (Phi) is 5.54. The molecule has 0 spiro atoms. The number of rotatable bonds is 4. The number of hydrogen-bond acceptors (Lipinski definition) is 4. The minimum absolute atomic E-state index is 0.216. The zero-order chi connectivity index (χ0) is 14.2. The summed E-state index contributed by atoms with van der Waals surface area (Å²) in [7, 11) is 0. The molecule has 1 aliphatic rings. The van der Waals surface area contributed by atoms with Gasteiger partial charge in [-0.2, -0.15) is 0 Å². The van der Waals surface area contributed by atoms with E-state index in [0.29, 0.717) is 17.8 Å². The van der Waals surface area contributed by atoms with Crippen molar-refractivity contribution >= 4 is 5.91 Å². The van der Waals surface area contributed by atoms with Crippen molar-refractivity contribution in [1.82, 2.24) is 15.2 Å². The number of aliphatic hydroxyl groups is 1. The van der Waals surface area contributed by atoms with E-state index in [1.165, 1.54) is 12.8 Å². The number of hydrogen-bond donors (Lipinski definition) is 2. The van der Waals surface area contributed by atoms with Gasteiger partial charge in [-0.1, -0.05) is 11.8 Å². The summed E-state index contributed by atoms with van der Waals surface area (Å²) in [5.74, 6) is 5.06. The Bertz CT molecular complexity index is 513. The molecule has 0 aliphatic carbocycles. The summed E-state index contributed by atoms with van der Waals surface area (Å²) in [6.07, 6.45) is 4.06. The molecule has 1 aromatic heterocycles. The molecule has 0 bridgehead atoms. The maximum absolute atomic E-state index is 12.1.